The van der Waals surface area contributed by atoms with Crippen molar-refractivity contribution in [2.45, 2.75) is 26.3 Å². The molecule has 90 valence electrons. The molecule has 0 saturated carbocycles. The van der Waals surface area contributed by atoms with E-state index < -0.39 is 22.0 Å². The topological polar surface area (TPSA) is 89.3 Å². The molecule has 0 aliphatic rings. The van der Waals surface area contributed by atoms with Gasteiger partial charge in [-0.05, 0) is 12.8 Å². The van der Waals surface area contributed by atoms with Crippen molar-refractivity contribution in [2.24, 2.45) is 11.7 Å². The lowest BCUT2D eigenvalue weighted by atomic mass is 10.2. The predicted molar refractivity (Wildman–Crippen MR) is 60.1 cm³/mol. The summed E-state index contributed by atoms with van der Waals surface area (Å²) in [5.74, 6) is -0.411. The average Bonchev–Trinajstić information content (AvgIpc) is 1.99. The largest absolute Gasteiger partial charge is 0.370 e. The number of nitrogens with two attached hydrogens (primary N) is 1. The zero-order valence-electron chi connectivity index (χ0n) is 8.86. The summed E-state index contributed by atoms with van der Waals surface area (Å²) < 4.78 is 25.3. The van der Waals surface area contributed by atoms with Gasteiger partial charge in [0.25, 0.3) is 0 Å². The van der Waals surface area contributed by atoms with Crippen LogP contribution in [0.1, 0.15) is 20.3 Å². The quantitative estimate of drug-likeness (QED) is 0.631. The third-order valence-corrected chi connectivity index (χ3v) is 3.95. The maximum Gasteiger partial charge on any atom is 0.219 e. The van der Waals surface area contributed by atoms with E-state index in [9.17, 15) is 13.2 Å². The minimum atomic E-state index is -3.38. The highest BCUT2D eigenvalue weighted by Crippen LogP contribution is 2.03. The highest BCUT2D eigenvalue weighted by atomic mass is 35.5. The molecule has 0 radical (unpaired) electrons. The summed E-state index contributed by atoms with van der Waals surface area (Å²) in [6, 6.07) is -0.477. The van der Waals surface area contributed by atoms with Gasteiger partial charge < -0.3 is 5.73 Å². The smallest absolute Gasteiger partial charge is 0.219 e. The number of hydrogen-bond donors (Lipinski definition) is 2. The van der Waals surface area contributed by atoms with Crippen LogP contribution in [-0.4, -0.2) is 32.0 Å². The van der Waals surface area contributed by atoms with E-state index in [0.717, 1.165) is 0 Å². The summed E-state index contributed by atoms with van der Waals surface area (Å²) in [5.41, 5.74) is 4.94. The molecule has 0 aromatic rings. The highest BCUT2D eigenvalue weighted by molar-refractivity contribution is 7.89. The molecule has 0 aliphatic carbocycles. The monoisotopic (exact) mass is 256 g/mol. The second-order valence-corrected chi connectivity index (χ2v) is 5.84. The normalized spacial score (nSPS) is 15.9. The standard InChI is InChI=1S/C8H17ClN2O3S/c1-6(4-9)5-15(13,14)11-7(2)3-8(10)12/h6-7,11H,3-5H2,1-2H3,(H2,10,12). The molecule has 1 amide bonds. The van der Waals surface area contributed by atoms with E-state index in [1.807, 2.05) is 0 Å². The van der Waals surface area contributed by atoms with Crippen molar-refractivity contribution in [3.05, 3.63) is 0 Å². The Morgan fingerprint density at radius 2 is 2.00 bits per heavy atom. The molecule has 0 spiro atoms. The second kappa shape index (κ2) is 6.30. The maximum atomic E-state index is 11.5. The van der Waals surface area contributed by atoms with Crippen molar-refractivity contribution in [1.82, 2.24) is 4.72 Å². The lowest BCUT2D eigenvalue weighted by Gasteiger charge is -2.14. The van der Waals surface area contributed by atoms with Gasteiger partial charge in [0.1, 0.15) is 0 Å². The van der Waals surface area contributed by atoms with Crippen LogP contribution in [0.15, 0.2) is 0 Å². The Morgan fingerprint density at radius 1 is 1.47 bits per heavy atom. The first-order valence-electron chi connectivity index (χ1n) is 4.61. The van der Waals surface area contributed by atoms with Gasteiger partial charge in [-0.3, -0.25) is 4.79 Å². The number of hydrogen-bond acceptors (Lipinski definition) is 3. The van der Waals surface area contributed by atoms with E-state index in [0.29, 0.717) is 0 Å². The summed E-state index contributed by atoms with van der Waals surface area (Å²) in [6.45, 7) is 3.33. The molecule has 0 rings (SSSR count). The molecule has 0 aliphatic heterocycles. The van der Waals surface area contributed by atoms with Gasteiger partial charge in [0, 0.05) is 18.3 Å². The number of nitrogens with one attached hydrogen (secondary N) is 1. The third kappa shape index (κ3) is 7.58. The van der Waals surface area contributed by atoms with Crippen LogP contribution < -0.4 is 10.5 Å². The number of halogens is 1. The predicted octanol–water partition coefficient (Wildman–Crippen LogP) is 0.0446. The van der Waals surface area contributed by atoms with Crippen molar-refractivity contribution in [3.8, 4) is 0 Å². The third-order valence-electron chi connectivity index (χ3n) is 1.66. The molecule has 2 atom stereocenters. The van der Waals surface area contributed by atoms with E-state index in [1.54, 1.807) is 13.8 Å². The Kier molecular flexibility index (Phi) is 6.16. The van der Waals surface area contributed by atoms with Gasteiger partial charge in [-0.2, -0.15) is 0 Å². The molecule has 0 saturated heterocycles. The minimum absolute atomic E-state index is 0.00547. The Labute approximate surface area is 95.4 Å². The molecular weight excluding hydrogens is 240 g/mol. The first-order valence-corrected chi connectivity index (χ1v) is 6.79. The van der Waals surface area contributed by atoms with Crippen LogP contribution in [0.3, 0.4) is 0 Å². The van der Waals surface area contributed by atoms with Crippen molar-refractivity contribution < 1.29 is 13.2 Å². The van der Waals surface area contributed by atoms with Crippen LogP contribution in [0.5, 0.6) is 0 Å². The molecule has 0 heterocycles. The SMILES string of the molecule is CC(CCl)CS(=O)(=O)NC(C)CC(N)=O. The highest BCUT2D eigenvalue weighted by Gasteiger charge is 2.18. The van der Waals surface area contributed by atoms with Gasteiger partial charge in [-0.1, -0.05) is 6.92 Å². The summed E-state index contributed by atoms with van der Waals surface area (Å²) in [5, 5.41) is 0. The van der Waals surface area contributed by atoms with Crippen molar-refractivity contribution in [2.75, 3.05) is 11.6 Å². The number of amides is 1. The Hall–Kier alpha value is -0.330. The van der Waals surface area contributed by atoms with Gasteiger partial charge >= 0.3 is 0 Å². The molecule has 3 N–H and O–H groups in total. The Balaban J connectivity index is 4.19. The summed E-state index contributed by atoms with van der Waals surface area (Å²) in [6.07, 6.45) is -0.00547. The fourth-order valence-electron chi connectivity index (χ4n) is 1.12. The van der Waals surface area contributed by atoms with Crippen LogP contribution >= 0.6 is 11.6 Å². The molecule has 0 aromatic heterocycles. The maximum absolute atomic E-state index is 11.5. The molecule has 5 nitrogen and oxygen atoms in total. The minimum Gasteiger partial charge on any atom is -0.370 e. The number of alkyl halides is 1. The molecule has 0 aromatic carbocycles. The zero-order valence-corrected chi connectivity index (χ0v) is 10.4. The lowest BCUT2D eigenvalue weighted by molar-refractivity contribution is -0.118. The van der Waals surface area contributed by atoms with Crippen molar-refractivity contribution >= 4 is 27.5 Å². The van der Waals surface area contributed by atoms with E-state index >= 15 is 0 Å². The molecule has 15 heavy (non-hydrogen) atoms. The number of primary amides is 1. The van der Waals surface area contributed by atoms with E-state index in [2.05, 4.69) is 4.72 Å². The number of sulfonamides is 1. The average molecular weight is 257 g/mol. The Bertz CT molecular complexity index is 305. The van der Waals surface area contributed by atoms with Gasteiger partial charge in [-0.25, -0.2) is 13.1 Å². The van der Waals surface area contributed by atoms with E-state index in [1.165, 1.54) is 0 Å². The van der Waals surface area contributed by atoms with Crippen molar-refractivity contribution in [3.63, 3.8) is 0 Å². The first kappa shape index (κ1) is 14.7. The Morgan fingerprint density at radius 3 is 2.40 bits per heavy atom. The lowest BCUT2D eigenvalue weighted by Crippen LogP contribution is -2.38. The summed E-state index contributed by atoms with van der Waals surface area (Å²) in [7, 11) is -3.38. The number of rotatable bonds is 7. The van der Waals surface area contributed by atoms with E-state index in [4.69, 9.17) is 17.3 Å². The van der Waals surface area contributed by atoms with Gasteiger partial charge in [0.05, 0.1) is 5.75 Å². The molecule has 0 fully saturated rings. The van der Waals surface area contributed by atoms with E-state index in [-0.39, 0.29) is 24.0 Å². The number of carbonyl (C=O) groups is 1. The fraction of sp³-hybridized carbons (Fsp3) is 0.875. The number of carbonyl (C=O) groups excluding carboxylic acids is 1. The van der Waals surface area contributed by atoms with Crippen LogP contribution in [0.25, 0.3) is 0 Å². The first-order chi connectivity index (χ1) is 6.76. The summed E-state index contributed by atoms with van der Waals surface area (Å²) in [4.78, 5) is 10.5. The zero-order chi connectivity index (χ0) is 12.1. The molecular formula is C8H17ClN2O3S. The van der Waals surface area contributed by atoms with Crippen LogP contribution in [0.4, 0.5) is 0 Å². The van der Waals surface area contributed by atoms with Gasteiger partial charge in [0.2, 0.25) is 15.9 Å². The molecule has 7 heteroatoms. The summed E-state index contributed by atoms with van der Waals surface area (Å²) >= 11 is 5.51. The van der Waals surface area contributed by atoms with Gasteiger partial charge in [0.15, 0.2) is 0 Å². The van der Waals surface area contributed by atoms with Crippen molar-refractivity contribution in [1.29, 1.82) is 0 Å². The van der Waals surface area contributed by atoms with Crippen LogP contribution in [0.2, 0.25) is 0 Å². The fourth-order valence-corrected chi connectivity index (χ4v) is 3.02. The van der Waals surface area contributed by atoms with Crippen LogP contribution in [-0.2, 0) is 14.8 Å². The second-order valence-electron chi connectivity index (χ2n) is 3.73. The van der Waals surface area contributed by atoms with Gasteiger partial charge in [-0.15, -0.1) is 11.6 Å². The van der Waals surface area contributed by atoms with Crippen LogP contribution in [0, 0.1) is 5.92 Å². The molecule has 2 unspecified atom stereocenters. The molecule has 0 bridgehead atoms.